The summed E-state index contributed by atoms with van der Waals surface area (Å²) < 4.78 is 42.3. The normalized spacial score (nSPS) is 12.7. The van der Waals surface area contributed by atoms with Gasteiger partial charge in [-0.1, -0.05) is 0 Å². The SMILES string of the molecule is CN=C(NCCCc1cnn(C)c1)NCc1cc2c(cc1OC(F)F)OCO2.I. The number of ether oxygens (including phenoxy) is 3. The summed E-state index contributed by atoms with van der Waals surface area (Å²) in [6.07, 6.45) is 5.62. The van der Waals surface area contributed by atoms with Gasteiger partial charge in [0.25, 0.3) is 0 Å². The van der Waals surface area contributed by atoms with Gasteiger partial charge in [0, 0.05) is 45.0 Å². The van der Waals surface area contributed by atoms with Crippen molar-refractivity contribution in [1.29, 1.82) is 0 Å². The molecule has 1 aliphatic heterocycles. The second-order valence-electron chi connectivity index (χ2n) is 6.17. The number of aryl methyl sites for hydroxylation is 2. The number of guanidine groups is 1. The minimum absolute atomic E-state index is 0. The van der Waals surface area contributed by atoms with Gasteiger partial charge in [0.2, 0.25) is 6.79 Å². The van der Waals surface area contributed by atoms with Crippen LogP contribution in [0.4, 0.5) is 8.78 Å². The third-order valence-electron chi connectivity index (χ3n) is 4.13. The Morgan fingerprint density at radius 2 is 2.07 bits per heavy atom. The average Bonchev–Trinajstić information content (AvgIpc) is 3.28. The predicted octanol–water partition coefficient (Wildman–Crippen LogP) is 2.67. The van der Waals surface area contributed by atoms with Crippen LogP contribution in [0.2, 0.25) is 0 Å². The molecule has 2 aromatic rings. The predicted molar refractivity (Wildman–Crippen MR) is 114 cm³/mol. The Labute approximate surface area is 184 Å². The smallest absolute Gasteiger partial charge is 0.387 e. The van der Waals surface area contributed by atoms with Gasteiger partial charge in [-0.2, -0.15) is 13.9 Å². The Bertz CT molecular complexity index is 832. The summed E-state index contributed by atoms with van der Waals surface area (Å²) in [4.78, 5) is 4.15. The fraction of sp³-hybridized carbons (Fsp3) is 0.444. The van der Waals surface area contributed by atoms with Crippen LogP contribution in [0.3, 0.4) is 0 Å². The molecule has 0 fully saturated rings. The van der Waals surface area contributed by atoms with E-state index in [4.69, 9.17) is 9.47 Å². The van der Waals surface area contributed by atoms with E-state index in [-0.39, 0.29) is 43.1 Å². The number of aliphatic imine (C=N–C) groups is 1. The molecule has 0 amide bonds. The summed E-state index contributed by atoms with van der Waals surface area (Å²) in [5.41, 5.74) is 1.68. The largest absolute Gasteiger partial charge is 0.454 e. The lowest BCUT2D eigenvalue weighted by molar-refractivity contribution is -0.0505. The molecular formula is C18H24F2IN5O3. The van der Waals surface area contributed by atoms with Gasteiger partial charge in [-0.25, -0.2) is 0 Å². The number of halogens is 3. The molecule has 2 N–H and O–H groups in total. The number of hydrogen-bond acceptors (Lipinski definition) is 5. The lowest BCUT2D eigenvalue weighted by Crippen LogP contribution is -2.37. The quantitative estimate of drug-likeness (QED) is 0.240. The summed E-state index contributed by atoms with van der Waals surface area (Å²) in [5.74, 6) is 1.49. The zero-order valence-electron chi connectivity index (χ0n) is 16.2. The summed E-state index contributed by atoms with van der Waals surface area (Å²) in [6.45, 7) is -1.93. The van der Waals surface area contributed by atoms with Crippen LogP contribution in [0.15, 0.2) is 29.5 Å². The number of nitrogens with one attached hydrogen (secondary N) is 2. The van der Waals surface area contributed by atoms with Crippen LogP contribution in [-0.4, -0.2) is 42.7 Å². The van der Waals surface area contributed by atoms with Crippen LogP contribution in [0.1, 0.15) is 17.5 Å². The lowest BCUT2D eigenvalue weighted by atomic mass is 10.1. The Kier molecular flexibility index (Phi) is 8.73. The van der Waals surface area contributed by atoms with Gasteiger partial charge < -0.3 is 24.8 Å². The van der Waals surface area contributed by atoms with Crippen molar-refractivity contribution in [3.05, 3.63) is 35.7 Å². The molecule has 0 saturated carbocycles. The fourth-order valence-corrected chi connectivity index (χ4v) is 2.81. The van der Waals surface area contributed by atoms with Crippen molar-refractivity contribution in [2.24, 2.45) is 12.0 Å². The molecule has 0 saturated heterocycles. The van der Waals surface area contributed by atoms with Crippen molar-refractivity contribution in [2.75, 3.05) is 20.4 Å². The fourth-order valence-electron chi connectivity index (χ4n) is 2.81. The maximum Gasteiger partial charge on any atom is 0.387 e. The molecule has 1 aliphatic rings. The highest BCUT2D eigenvalue weighted by molar-refractivity contribution is 14.0. The van der Waals surface area contributed by atoms with E-state index in [0.717, 1.165) is 12.8 Å². The zero-order valence-corrected chi connectivity index (χ0v) is 18.5. The van der Waals surface area contributed by atoms with E-state index in [1.165, 1.54) is 11.6 Å². The number of rotatable bonds is 8. The maximum atomic E-state index is 12.7. The first kappa shape index (κ1) is 23.0. The molecular weight excluding hydrogens is 499 g/mol. The molecule has 1 aromatic carbocycles. The monoisotopic (exact) mass is 523 g/mol. The summed E-state index contributed by atoms with van der Waals surface area (Å²) in [6, 6.07) is 3.04. The van der Waals surface area contributed by atoms with E-state index >= 15 is 0 Å². The van der Waals surface area contributed by atoms with E-state index in [1.54, 1.807) is 17.8 Å². The Morgan fingerprint density at radius 1 is 1.31 bits per heavy atom. The molecule has 160 valence electrons. The molecule has 1 aromatic heterocycles. The first-order valence-electron chi connectivity index (χ1n) is 8.84. The summed E-state index contributed by atoms with van der Waals surface area (Å²) in [7, 11) is 3.53. The van der Waals surface area contributed by atoms with Crippen LogP contribution in [-0.2, 0) is 20.0 Å². The number of fused-ring (bicyclic) bond motifs is 1. The van der Waals surface area contributed by atoms with Crippen LogP contribution in [0, 0.1) is 0 Å². The van der Waals surface area contributed by atoms with Crippen molar-refractivity contribution in [3.63, 3.8) is 0 Å². The molecule has 2 heterocycles. The zero-order chi connectivity index (χ0) is 19.9. The molecule has 0 aliphatic carbocycles. The van der Waals surface area contributed by atoms with Crippen molar-refractivity contribution in [2.45, 2.75) is 26.0 Å². The van der Waals surface area contributed by atoms with Gasteiger partial charge in [0.15, 0.2) is 17.5 Å². The van der Waals surface area contributed by atoms with Crippen LogP contribution in [0.25, 0.3) is 0 Å². The maximum absolute atomic E-state index is 12.7. The third-order valence-corrected chi connectivity index (χ3v) is 4.13. The molecule has 29 heavy (non-hydrogen) atoms. The van der Waals surface area contributed by atoms with Crippen molar-refractivity contribution in [3.8, 4) is 17.2 Å². The van der Waals surface area contributed by atoms with E-state index in [1.807, 2.05) is 19.4 Å². The lowest BCUT2D eigenvalue weighted by Gasteiger charge is -2.15. The first-order chi connectivity index (χ1) is 13.5. The van der Waals surface area contributed by atoms with Crippen LogP contribution in [0.5, 0.6) is 17.2 Å². The first-order valence-corrected chi connectivity index (χ1v) is 8.84. The minimum Gasteiger partial charge on any atom is -0.454 e. The molecule has 0 unspecified atom stereocenters. The Hall–Kier alpha value is -2.31. The third kappa shape index (κ3) is 6.61. The minimum atomic E-state index is -2.93. The molecule has 0 atom stereocenters. The number of benzene rings is 1. The number of nitrogens with zero attached hydrogens (tertiary/aromatic N) is 3. The Balaban J connectivity index is 0.00000300. The number of aromatic nitrogens is 2. The molecule has 3 rings (SSSR count). The topological polar surface area (TPSA) is 81.9 Å². The average molecular weight is 523 g/mol. The number of alkyl halides is 2. The summed E-state index contributed by atoms with van der Waals surface area (Å²) >= 11 is 0. The van der Waals surface area contributed by atoms with Gasteiger partial charge in [-0.3, -0.25) is 9.67 Å². The molecule has 8 nitrogen and oxygen atoms in total. The highest BCUT2D eigenvalue weighted by Gasteiger charge is 2.20. The second-order valence-corrected chi connectivity index (χ2v) is 6.17. The van der Waals surface area contributed by atoms with Crippen molar-refractivity contribution in [1.82, 2.24) is 20.4 Å². The highest BCUT2D eigenvalue weighted by Crippen LogP contribution is 2.38. The highest BCUT2D eigenvalue weighted by atomic mass is 127. The van der Waals surface area contributed by atoms with Crippen molar-refractivity contribution >= 4 is 29.9 Å². The van der Waals surface area contributed by atoms with Gasteiger partial charge in [0.1, 0.15) is 5.75 Å². The van der Waals surface area contributed by atoms with Crippen molar-refractivity contribution < 1.29 is 23.0 Å². The molecule has 0 spiro atoms. The summed E-state index contributed by atoms with van der Waals surface area (Å²) in [5, 5.41) is 10.4. The standard InChI is InChI=1S/C18H23F2N5O3.HI/c1-21-18(22-5-3-4-12-8-24-25(2)10-12)23-9-13-6-15-16(27-11-26-15)7-14(13)28-17(19)20;/h6-8,10,17H,3-5,9,11H2,1-2H3,(H2,21,22,23);1H. The van der Waals surface area contributed by atoms with Gasteiger partial charge in [-0.15, -0.1) is 24.0 Å². The van der Waals surface area contributed by atoms with Gasteiger partial charge in [0.05, 0.1) is 6.20 Å². The van der Waals surface area contributed by atoms with E-state index in [2.05, 4.69) is 25.5 Å². The van der Waals surface area contributed by atoms with Gasteiger partial charge in [-0.05, 0) is 24.5 Å². The molecule has 0 radical (unpaired) electrons. The number of hydrogen-bond donors (Lipinski definition) is 2. The van der Waals surface area contributed by atoms with Crippen LogP contribution < -0.4 is 24.8 Å². The molecule has 0 bridgehead atoms. The van der Waals surface area contributed by atoms with E-state index in [0.29, 0.717) is 29.6 Å². The van der Waals surface area contributed by atoms with E-state index in [9.17, 15) is 8.78 Å². The van der Waals surface area contributed by atoms with Crippen LogP contribution >= 0.6 is 24.0 Å². The van der Waals surface area contributed by atoms with E-state index < -0.39 is 6.61 Å². The second kappa shape index (κ2) is 11.0. The molecule has 11 heteroatoms. The Morgan fingerprint density at radius 3 is 2.72 bits per heavy atom. The van der Waals surface area contributed by atoms with Gasteiger partial charge >= 0.3 is 6.61 Å².